The van der Waals surface area contributed by atoms with Crippen molar-refractivity contribution in [2.24, 2.45) is 0 Å². The molecule has 7 heteroatoms. The van der Waals surface area contributed by atoms with Crippen molar-refractivity contribution in [1.82, 2.24) is 0 Å². The third kappa shape index (κ3) is 2.48. The van der Waals surface area contributed by atoms with Crippen molar-refractivity contribution in [3.05, 3.63) is 40.8 Å². The Morgan fingerprint density at radius 1 is 0.846 bits per heavy atom. The van der Waals surface area contributed by atoms with Crippen molar-refractivity contribution in [3.8, 4) is 40.1 Å². The molecule has 7 nitrogen and oxygen atoms in total. The molecule has 4 rings (SSSR count). The van der Waals surface area contributed by atoms with Crippen LogP contribution in [0.25, 0.3) is 22.1 Å². The number of hydrogen-bond donors (Lipinski definition) is 0. The molecule has 1 aliphatic heterocycles. The predicted molar refractivity (Wildman–Crippen MR) is 93.7 cm³/mol. The lowest BCUT2D eigenvalue weighted by atomic mass is 10.0. The highest BCUT2D eigenvalue weighted by Crippen LogP contribution is 2.44. The fourth-order valence-electron chi connectivity index (χ4n) is 3.01. The van der Waals surface area contributed by atoms with Crippen molar-refractivity contribution in [1.29, 1.82) is 0 Å². The van der Waals surface area contributed by atoms with Crippen molar-refractivity contribution >= 4 is 10.8 Å². The Balaban J connectivity index is 2.01. The fraction of sp³-hybridized carbons (Fsp3) is 0.211. The molecule has 0 spiro atoms. The van der Waals surface area contributed by atoms with Gasteiger partial charge >= 0.3 is 5.63 Å². The van der Waals surface area contributed by atoms with E-state index in [2.05, 4.69) is 0 Å². The Labute approximate surface area is 148 Å². The van der Waals surface area contributed by atoms with Gasteiger partial charge in [-0.2, -0.15) is 0 Å². The second kappa shape index (κ2) is 6.18. The molecule has 0 bridgehead atoms. The average Bonchev–Trinajstić information content (AvgIpc) is 3.11. The normalized spacial score (nSPS) is 12.3. The molecule has 2 heterocycles. The monoisotopic (exact) mass is 356 g/mol. The molecule has 0 saturated carbocycles. The maximum absolute atomic E-state index is 12.1. The van der Waals surface area contributed by atoms with Crippen LogP contribution in [0.5, 0.6) is 28.7 Å². The Morgan fingerprint density at radius 2 is 1.50 bits per heavy atom. The summed E-state index contributed by atoms with van der Waals surface area (Å²) >= 11 is 0. The summed E-state index contributed by atoms with van der Waals surface area (Å²) in [5.41, 5.74) is 0.140. The highest BCUT2D eigenvalue weighted by atomic mass is 16.7. The molecule has 1 aromatic heterocycles. The summed E-state index contributed by atoms with van der Waals surface area (Å²) < 4.78 is 32.4. The third-order valence-electron chi connectivity index (χ3n) is 4.19. The zero-order chi connectivity index (χ0) is 18.3. The first-order valence-corrected chi connectivity index (χ1v) is 7.82. The minimum absolute atomic E-state index is 0.145. The number of benzene rings is 2. The van der Waals surface area contributed by atoms with Crippen molar-refractivity contribution < 1.29 is 28.1 Å². The van der Waals surface area contributed by atoms with Gasteiger partial charge in [-0.3, -0.25) is 0 Å². The molecule has 0 N–H and O–H groups in total. The summed E-state index contributed by atoms with van der Waals surface area (Å²) in [5, 5.41) is 1.40. The molecular formula is C19H16O7. The molecule has 0 aliphatic carbocycles. The molecule has 0 saturated heterocycles. The molecule has 26 heavy (non-hydrogen) atoms. The van der Waals surface area contributed by atoms with Gasteiger partial charge in [0.2, 0.25) is 12.5 Å². The van der Waals surface area contributed by atoms with E-state index in [1.54, 1.807) is 24.3 Å². The molecule has 3 aromatic rings. The maximum Gasteiger partial charge on any atom is 0.336 e. The van der Waals surface area contributed by atoms with Crippen LogP contribution in [0.3, 0.4) is 0 Å². The molecule has 134 valence electrons. The molecular weight excluding hydrogens is 340 g/mol. The van der Waals surface area contributed by atoms with Crippen LogP contribution in [0.4, 0.5) is 0 Å². The second-order valence-corrected chi connectivity index (χ2v) is 5.60. The number of hydrogen-bond acceptors (Lipinski definition) is 7. The van der Waals surface area contributed by atoms with Crippen LogP contribution < -0.4 is 29.3 Å². The van der Waals surface area contributed by atoms with Crippen LogP contribution in [0.2, 0.25) is 0 Å². The zero-order valence-electron chi connectivity index (χ0n) is 14.5. The van der Waals surface area contributed by atoms with Gasteiger partial charge in [0.15, 0.2) is 23.0 Å². The van der Waals surface area contributed by atoms with Crippen LogP contribution in [-0.4, -0.2) is 28.1 Å². The number of fused-ring (bicyclic) bond motifs is 2. The van der Waals surface area contributed by atoms with E-state index >= 15 is 0 Å². The van der Waals surface area contributed by atoms with E-state index < -0.39 is 5.63 Å². The van der Waals surface area contributed by atoms with Crippen LogP contribution in [-0.2, 0) is 0 Å². The minimum atomic E-state index is -0.472. The van der Waals surface area contributed by atoms with E-state index in [0.717, 1.165) is 0 Å². The van der Waals surface area contributed by atoms with Crippen LogP contribution in [0.1, 0.15) is 0 Å². The van der Waals surface area contributed by atoms with Gasteiger partial charge in [-0.05, 0) is 29.7 Å². The van der Waals surface area contributed by atoms with Gasteiger partial charge in [-0.15, -0.1) is 0 Å². The molecule has 1 aliphatic rings. The number of rotatable bonds is 4. The summed E-state index contributed by atoms with van der Waals surface area (Å²) in [4.78, 5) is 12.1. The summed E-state index contributed by atoms with van der Waals surface area (Å²) in [7, 11) is 4.58. The van der Waals surface area contributed by atoms with Gasteiger partial charge in [-0.1, -0.05) is 0 Å². The Kier molecular flexibility index (Phi) is 3.84. The van der Waals surface area contributed by atoms with Gasteiger partial charge in [0.25, 0.3) is 0 Å². The molecule has 0 fully saturated rings. The van der Waals surface area contributed by atoms with Gasteiger partial charge in [0.1, 0.15) is 5.76 Å². The predicted octanol–water partition coefficient (Wildman–Crippen LogP) is 3.21. The van der Waals surface area contributed by atoms with Crippen LogP contribution in [0.15, 0.2) is 39.5 Å². The summed E-state index contributed by atoms with van der Waals surface area (Å²) in [6, 6.07) is 8.42. The maximum atomic E-state index is 12.1. The lowest BCUT2D eigenvalue weighted by Gasteiger charge is -2.14. The van der Waals surface area contributed by atoms with Gasteiger partial charge in [0, 0.05) is 17.0 Å². The summed E-state index contributed by atoms with van der Waals surface area (Å²) in [6.07, 6.45) is 0. The van der Waals surface area contributed by atoms with Crippen LogP contribution >= 0.6 is 0 Å². The van der Waals surface area contributed by atoms with Gasteiger partial charge in [-0.25, -0.2) is 4.79 Å². The SMILES string of the molecule is COc1cc(-c2oc(=O)cc3cc4c(cc23)OCO4)cc(OC)c1OC. The first kappa shape index (κ1) is 16.1. The van der Waals surface area contributed by atoms with E-state index in [1.165, 1.54) is 27.4 Å². The van der Waals surface area contributed by atoms with Gasteiger partial charge in [0.05, 0.1) is 21.3 Å². The molecule has 0 atom stereocenters. The number of ether oxygens (including phenoxy) is 5. The molecule has 0 amide bonds. The highest BCUT2D eigenvalue weighted by molar-refractivity contribution is 5.96. The van der Waals surface area contributed by atoms with E-state index in [-0.39, 0.29) is 6.79 Å². The fourth-order valence-corrected chi connectivity index (χ4v) is 3.01. The Morgan fingerprint density at radius 3 is 2.12 bits per heavy atom. The molecule has 0 unspecified atom stereocenters. The Bertz CT molecular complexity index is 1030. The van der Waals surface area contributed by atoms with Crippen molar-refractivity contribution in [3.63, 3.8) is 0 Å². The topological polar surface area (TPSA) is 76.4 Å². The lowest BCUT2D eigenvalue weighted by molar-refractivity contribution is 0.174. The average molecular weight is 356 g/mol. The minimum Gasteiger partial charge on any atom is -0.493 e. The standard InChI is InChI=1S/C19H16O7/c1-21-15-5-11(6-16(22-2)19(15)23-3)18-12-8-14-13(24-9-25-14)4-10(12)7-17(20)26-18/h4-8H,9H2,1-3H3. The van der Waals surface area contributed by atoms with E-state index in [1.807, 2.05) is 0 Å². The largest absolute Gasteiger partial charge is 0.493 e. The lowest BCUT2D eigenvalue weighted by Crippen LogP contribution is -2.00. The van der Waals surface area contributed by atoms with E-state index in [0.29, 0.717) is 50.8 Å². The van der Waals surface area contributed by atoms with Crippen molar-refractivity contribution in [2.45, 2.75) is 0 Å². The summed E-state index contributed by atoms with van der Waals surface area (Å²) in [6.45, 7) is 0.145. The first-order chi connectivity index (χ1) is 12.6. The second-order valence-electron chi connectivity index (χ2n) is 5.60. The van der Waals surface area contributed by atoms with Gasteiger partial charge < -0.3 is 28.1 Å². The number of methoxy groups -OCH3 is 3. The third-order valence-corrected chi connectivity index (χ3v) is 4.19. The Hall–Kier alpha value is -3.35. The van der Waals surface area contributed by atoms with E-state index in [4.69, 9.17) is 28.1 Å². The highest BCUT2D eigenvalue weighted by Gasteiger charge is 2.20. The molecule has 2 aromatic carbocycles. The first-order valence-electron chi connectivity index (χ1n) is 7.82. The molecule has 0 radical (unpaired) electrons. The smallest absolute Gasteiger partial charge is 0.336 e. The summed E-state index contributed by atoms with van der Waals surface area (Å²) in [5.74, 6) is 2.95. The van der Waals surface area contributed by atoms with Crippen LogP contribution in [0, 0.1) is 0 Å². The zero-order valence-corrected chi connectivity index (χ0v) is 14.5. The quantitative estimate of drug-likeness (QED) is 0.710. The van der Waals surface area contributed by atoms with Crippen molar-refractivity contribution in [2.75, 3.05) is 28.1 Å². The van der Waals surface area contributed by atoms with E-state index in [9.17, 15) is 4.79 Å².